The van der Waals surface area contributed by atoms with E-state index in [0.29, 0.717) is 5.56 Å². The number of methoxy groups -OCH3 is 1. The van der Waals surface area contributed by atoms with Crippen molar-refractivity contribution in [3.05, 3.63) is 35.9 Å². The summed E-state index contributed by atoms with van der Waals surface area (Å²) in [7, 11) is 1.07. The van der Waals surface area contributed by atoms with Gasteiger partial charge in [0, 0.05) is 5.56 Å². The lowest BCUT2D eigenvalue weighted by molar-refractivity contribution is -0.153. The molecule has 2 amide bonds. The minimum absolute atomic E-state index is 0.368. The Kier molecular flexibility index (Phi) is 4.02. The molecule has 1 rings (SSSR count). The first kappa shape index (κ1) is 11.7. The minimum atomic E-state index is -1.08. The summed E-state index contributed by atoms with van der Waals surface area (Å²) in [5, 5.41) is 0. The van der Waals surface area contributed by atoms with Crippen LogP contribution in [0.15, 0.2) is 30.3 Å². The quantitative estimate of drug-likeness (QED) is 0.385. The molecule has 84 valence electrons. The van der Waals surface area contributed by atoms with Gasteiger partial charge in [0.2, 0.25) is 0 Å². The molecule has 16 heavy (non-hydrogen) atoms. The maximum Gasteiger partial charge on any atom is 0.398 e. The summed E-state index contributed by atoms with van der Waals surface area (Å²) >= 11 is 0. The lowest BCUT2D eigenvalue weighted by atomic mass is 10.2. The highest BCUT2D eigenvalue weighted by molar-refractivity contribution is 6.32. The SMILES string of the molecule is COC(=O)C(=O)NNC(=O)c1ccccc1. The highest BCUT2D eigenvalue weighted by Crippen LogP contribution is 1.96. The number of hydrogen-bond donors (Lipinski definition) is 2. The van der Waals surface area contributed by atoms with Gasteiger partial charge in [-0.2, -0.15) is 0 Å². The van der Waals surface area contributed by atoms with Crippen molar-refractivity contribution in [1.29, 1.82) is 0 Å². The van der Waals surface area contributed by atoms with Gasteiger partial charge in [-0.05, 0) is 12.1 Å². The predicted molar refractivity (Wildman–Crippen MR) is 54.1 cm³/mol. The van der Waals surface area contributed by atoms with Gasteiger partial charge in [0.15, 0.2) is 0 Å². The molecule has 6 heteroatoms. The molecule has 0 aromatic heterocycles. The Morgan fingerprint density at radius 1 is 1.06 bits per heavy atom. The summed E-state index contributed by atoms with van der Waals surface area (Å²) in [5.41, 5.74) is 4.36. The standard InChI is InChI=1S/C10H10N2O4/c1-16-10(15)9(14)12-11-8(13)7-5-3-2-4-6-7/h2-6H,1H3,(H,11,13)(H,12,14). The van der Waals surface area contributed by atoms with Crippen LogP contribution in [0.4, 0.5) is 0 Å². The fraction of sp³-hybridized carbons (Fsp3) is 0.100. The molecule has 0 aliphatic heterocycles. The van der Waals surface area contributed by atoms with Crippen LogP contribution in [-0.4, -0.2) is 24.9 Å². The van der Waals surface area contributed by atoms with Crippen LogP contribution in [0.5, 0.6) is 0 Å². The second-order valence-corrected chi connectivity index (χ2v) is 2.77. The molecule has 6 nitrogen and oxygen atoms in total. The molecule has 0 heterocycles. The summed E-state index contributed by atoms with van der Waals surface area (Å²) < 4.78 is 4.15. The van der Waals surface area contributed by atoms with E-state index in [1.807, 2.05) is 5.43 Å². The van der Waals surface area contributed by atoms with E-state index < -0.39 is 17.8 Å². The third-order valence-electron chi connectivity index (χ3n) is 1.70. The Labute approximate surface area is 91.6 Å². The number of benzene rings is 1. The molecule has 0 saturated carbocycles. The summed E-state index contributed by atoms with van der Waals surface area (Å²) in [6.45, 7) is 0. The third-order valence-corrected chi connectivity index (χ3v) is 1.70. The highest BCUT2D eigenvalue weighted by atomic mass is 16.5. The van der Waals surface area contributed by atoms with Crippen molar-refractivity contribution in [2.75, 3.05) is 7.11 Å². The maximum absolute atomic E-state index is 11.4. The van der Waals surface area contributed by atoms with Crippen LogP contribution >= 0.6 is 0 Å². The molecule has 0 radical (unpaired) electrons. The van der Waals surface area contributed by atoms with Crippen LogP contribution in [0.25, 0.3) is 0 Å². The zero-order valence-corrected chi connectivity index (χ0v) is 8.52. The Hall–Kier alpha value is -2.37. The summed E-state index contributed by atoms with van der Waals surface area (Å²) in [4.78, 5) is 33.0. The number of nitrogens with one attached hydrogen (secondary N) is 2. The van der Waals surface area contributed by atoms with Crippen molar-refractivity contribution < 1.29 is 19.1 Å². The van der Waals surface area contributed by atoms with Crippen molar-refractivity contribution in [1.82, 2.24) is 10.9 Å². The topological polar surface area (TPSA) is 84.5 Å². The van der Waals surface area contributed by atoms with Gasteiger partial charge in [-0.1, -0.05) is 18.2 Å². The summed E-state index contributed by atoms with van der Waals surface area (Å²) in [5.74, 6) is -2.63. The van der Waals surface area contributed by atoms with Crippen molar-refractivity contribution in [3.63, 3.8) is 0 Å². The monoisotopic (exact) mass is 222 g/mol. The van der Waals surface area contributed by atoms with Gasteiger partial charge in [-0.15, -0.1) is 0 Å². The minimum Gasteiger partial charge on any atom is -0.462 e. The number of carbonyl (C=O) groups excluding carboxylic acids is 3. The normalized spacial score (nSPS) is 9.06. The molecule has 0 aliphatic carbocycles. The lowest BCUT2D eigenvalue weighted by Gasteiger charge is -2.05. The Bertz CT molecular complexity index is 403. The van der Waals surface area contributed by atoms with Gasteiger partial charge in [0.1, 0.15) is 0 Å². The third kappa shape index (κ3) is 3.09. The molecule has 0 unspecified atom stereocenters. The number of amides is 2. The number of ether oxygens (including phenoxy) is 1. The number of rotatable bonds is 1. The smallest absolute Gasteiger partial charge is 0.398 e. The molecule has 0 spiro atoms. The van der Waals surface area contributed by atoms with Crippen molar-refractivity contribution in [2.45, 2.75) is 0 Å². The van der Waals surface area contributed by atoms with Crippen molar-refractivity contribution in [2.24, 2.45) is 0 Å². The first-order valence-corrected chi connectivity index (χ1v) is 4.39. The number of carbonyl (C=O) groups is 3. The van der Waals surface area contributed by atoms with Gasteiger partial charge >= 0.3 is 11.9 Å². The molecule has 0 aliphatic rings. The molecule has 0 fully saturated rings. The molecule has 1 aromatic rings. The molecular weight excluding hydrogens is 212 g/mol. The first-order chi connectivity index (χ1) is 7.65. The second-order valence-electron chi connectivity index (χ2n) is 2.77. The predicted octanol–water partition coefficient (Wildman–Crippen LogP) is -0.379. The van der Waals surface area contributed by atoms with Crippen molar-refractivity contribution >= 4 is 17.8 Å². The van der Waals surface area contributed by atoms with E-state index in [9.17, 15) is 14.4 Å². The average molecular weight is 222 g/mol. The average Bonchev–Trinajstić information content (AvgIpc) is 2.35. The molecule has 1 aromatic carbocycles. The zero-order chi connectivity index (χ0) is 12.0. The molecule has 2 N–H and O–H groups in total. The van der Waals surface area contributed by atoms with Crippen LogP contribution in [0.3, 0.4) is 0 Å². The van der Waals surface area contributed by atoms with E-state index in [-0.39, 0.29) is 0 Å². The zero-order valence-electron chi connectivity index (χ0n) is 8.52. The number of hydrazine groups is 1. The molecule has 0 saturated heterocycles. The number of hydrogen-bond acceptors (Lipinski definition) is 4. The maximum atomic E-state index is 11.4. The largest absolute Gasteiger partial charge is 0.462 e. The van der Waals surface area contributed by atoms with E-state index in [1.54, 1.807) is 30.3 Å². The first-order valence-electron chi connectivity index (χ1n) is 4.39. The van der Waals surface area contributed by atoms with Crippen LogP contribution < -0.4 is 10.9 Å². The van der Waals surface area contributed by atoms with Gasteiger partial charge < -0.3 is 4.74 Å². The van der Waals surface area contributed by atoms with E-state index in [0.717, 1.165) is 7.11 Å². The Morgan fingerprint density at radius 2 is 1.69 bits per heavy atom. The fourth-order valence-corrected chi connectivity index (χ4v) is 0.919. The Morgan fingerprint density at radius 3 is 2.25 bits per heavy atom. The van der Waals surface area contributed by atoms with Gasteiger partial charge in [0.25, 0.3) is 5.91 Å². The van der Waals surface area contributed by atoms with Crippen LogP contribution in [0, 0.1) is 0 Å². The van der Waals surface area contributed by atoms with Crippen LogP contribution in [-0.2, 0) is 14.3 Å². The lowest BCUT2D eigenvalue weighted by Crippen LogP contribution is -2.45. The summed E-state index contributed by atoms with van der Waals surface area (Å²) in [6.07, 6.45) is 0. The van der Waals surface area contributed by atoms with Gasteiger partial charge in [-0.25, -0.2) is 4.79 Å². The second kappa shape index (κ2) is 5.50. The van der Waals surface area contributed by atoms with E-state index >= 15 is 0 Å². The Balaban J connectivity index is 2.48. The van der Waals surface area contributed by atoms with Gasteiger partial charge in [0.05, 0.1) is 7.11 Å². The van der Waals surface area contributed by atoms with Crippen molar-refractivity contribution in [3.8, 4) is 0 Å². The number of esters is 1. The van der Waals surface area contributed by atoms with E-state index in [1.165, 1.54) is 0 Å². The molecular formula is C10H10N2O4. The molecule has 0 atom stereocenters. The van der Waals surface area contributed by atoms with Gasteiger partial charge in [-0.3, -0.25) is 20.4 Å². The highest BCUT2D eigenvalue weighted by Gasteiger charge is 2.14. The van der Waals surface area contributed by atoms with E-state index in [4.69, 9.17) is 0 Å². The van der Waals surface area contributed by atoms with Crippen LogP contribution in [0.2, 0.25) is 0 Å². The fourth-order valence-electron chi connectivity index (χ4n) is 0.919. The van der Waals surface area contributed by atoms with Crippen LogP contribution in [0.1, 0.15) is 10.4 Å². The van der Waals surface area contributed by atoms with E-state index in [2.05, 4.69) is 10.2 Å². The summed E-state index contributed by atoms with van der Waals surface area (Å²) in [6, 6.07) is 8.25. The molecule has 0 bridgehead atoms.